The van der Waals surface area contributed by atoms with Crippen molar-refractivity contribution in [2.75, 3.05) is 17.2 Å². The molecule has 19 heavy (non-hydrogen) atoms. The Labute approximate surface area is 111 Å². The lowest BCUT2D eigenvalue weighted by molar-refractivity contribution is -0.120. The zero-order valence-electron chi connectivity index (χ0n) is 9.81. The number of nitrogens with zero attached hydrogens (tertiary/aromatic N) is 3. The van der Waals surface area contributed by atoms with Crippen LogP contribution in [0.15, 0.2) is 11.4 Å². The third kappa shape index (κ3) is 2.58. The molecule has 1 aliphatic rings. The van der Waals surface area contributed by atoms with Gasteiger partial charge in [-0.05, 0) is 24.3 Å². The molecule has 0 spiro atoms. The van der Waals surface area contributed by atoms with Crippen LogP contribution in [-0.2, 0) is 0 Å². The number of aromatic nitrogens is 2. The third-order valence-corrected chi connectivity index (χ3v) is 3.74. The fourth-order valence-corrected chi connectivity index (χ4v) is 2.80. The Morgan fingerprint density at radius 1 is 1.37 bits per heavy atom. The topological polar surface area (TPSA) is 55.0 Å². The number of fused-ring (bicyclic) bond motifs is 1. The summed E-state index contributed by atoms with van der Waals surface area (Å²) in [7, 11) is 0. The largest absolute Gasteiger partial charge is 0.405 e. The maximum atomic E-state index is 12.7. The number of anilines is 2. The molecule has 102 valence electrons. The zero-order chi connectivity index (χ0) is 13.6. The minimum absolute atomic E-state index is 0.0118. The first-order valence-electron chi connectivity index (χ1n) is 5.78. The molecule has 8 heteroatoms. The number of thiophene rings is 1. The standard InChI is InChI=1S/C11H11F3N4S/c12-11(13,14)5-18(6-1-2-6)8-7-3-4-19-9(7)17-10(15)16-8/h3-4,6H,1-2,5H2,(H2,15,16,17). The van der Waals surface area contributed by atoms with Crippen LogP contribution in [0, 0.1) is 0 Å². The number of alkyl halides is 3. The number of halogens is 3. The molecule has 0 aromatic carbocycles. The molecule has 0 amide bonds. The quantitative estimate of drug-likeness (QED) is 0.943. The van der Waals surface area contributed by atoms with E-state index in [1.807, 2.05) is 0 Å². The molecule has 0 radical (unpaired) electrons. The summed E-state index contributed by atoms with van der Waals surface area (Å²) in [6, 6.07) is 1.64. The zero-order valence-corrected chi connectivity index (χ0v) is 10.6. The average Bonchev–Trinajstić information content (AvgIpc) is 3.03. The number of rotatable bonds is 3. The molecule has 2 aromatic rings. The van der Waals surface area contributed by atoms with Crippen LogP contribution in [0.2, 0.25) is 0 Å². The van der Waals surface area contributed by atoms with Crippen molar-refractivity contribution in [1.29, 1.82) is 0 Å². The second kappa shape index (κ2) is 4.22. The van der Waals surface area contributed by atoms with E-state index in [2.05, 4.69) is 9.97 Å². The van der Waals surface area contributed by atoms with E-state index in [0.717, 1.165) is 12.8 Å². The minimum atomic E-state index is -4.26. The number of hydrogen-bond donors (Lipinski definition) is 1. The van der Waals surface area contributed by atoms with Gasteiger partial charge in [-0.15, -0.1) is 11.3 Å². The van der Waals surface area contributed by atoms with Crippen molar-refractivity contribution < 1.29 is 13.2 Å². The maximum absolute atomic E-state index is 12.7. The lowest BCUT2D eigenvalue weighted by atomic mass is 10.3. The van der Waals surface area contributed by atoms with E-state index < -0.39 is 12.7 Å². The van der Waals surface area contributed by atoms with E-state index in [9.17, 15) is 13.2 Å². The van der Waals surface area contributed by atoms with E-state index in [4.69, 9.17) is 5.73 Å². The fourth-order valence-electron chi connectivity index (χ4n) is 2.03. The SMILES string of the molecule is Nc1nc(N(CC(F)(F)F)C2CC2)c2ccsc2n1. The summed E-state index contributed by atoms with van der Waals surface area (Å²) in [4.78, 5) is 9.97. The third-order valence-electron chi connectivity index (χ3n) is 2.93. The first kappa shape index (κ1) is 12.5. The van der Waals surface area contributed by atoms with Crippen LogP contribution in [0.3, 0.4) is 0 Å². The van der Waals surface area contributed by atoms with Gasteiger partial charge in [0, 0.05) is 6.04 Å². The van der Waals surface area contributed by atoms with Gasteiger partial charge in [-0.25, -0.2) is 4.98 Å². The van der Waals surface area contributed by atoms with Crippen molar-refractivity contribution in [3.63, 3.8) is 0 Å². The van der Waals surface area contributed by atoms with Gasteiger partial charge in [-0.3, -0.25) is 0 Å². The first-order valence-corrected chi connectivity index (χ1v) is 6.66. The minimum Gasteiger partial charge on any atom is -0.368 e. The van der Waals surface area contributed by atoms with Gasteiger partial charge < -0.3 is 10.6 Å². The van der Waals surface area contributed by atoms with Crippen LogP contribution >= 0.6 is 11.3 Å². The lowest BCUT2D eigenvalue weighted by Crippen LogP contribution is -2.36. The van der Waals surface area contributed by atoms with Gasteiger partial charge in [0.2, 0.25) is 5.95 Å². The highest BCUT2D eigenvalue weighted by Crippen LogP contribution is 2.37. The molecule has 0 unspecified atom stereocenters. The molecule has 0 atom stereocenters. The second-order valence-electron chi connectivity index (χ2n) is 4.52. The van der Waals surface area contributed by atoms with Crippen LogP contribution in [0.4, 0.5) is 24.9 Å². The molecule has 4 nitrogen and oxygen atoms in total. The van der Waals surface area contributed by atoms with Gasteiger partial charge in [0.1, 0.15) is 17.2 Å². The Bertz CT molecular complexity index is 605. The highest BCUT2D eigenvalue weighted by molar-refractivity contribution is 7.16. The van der Waals surface area contributed by atoms with Gasteiger partial charge in [0.25, 0.3) is 0 Å². The molecule has 2 N–H and O–H groups in total. The Hall–Kier alpha value is -1.57. The molecule has 3 rings (SSSR count). The van der Waals surface area contributed by atoms with Crippen molar-refractivity contribution >= 4 is 33.3 Å². The molecular formula is C11H11F3N4S. The van der Waals surface area contributed by atoms with Crippen LogP contribution in [-0.4, -0.2) is 28.7 Å². The monoisotopic (exact) mass is 288 g/mol. The van der Waals surface area contributed by atoms with E-state index in [1.54, 1.807) is 11.4 Å². The van der Waals surface area contributed by atoms with Gasteiger partial charge in [0.15, 0.2) is 0 Å². The van der Waals surface area contributed by atoms with E-state index in [0.29, 0.717) is 16.0 Å². The molecule has 1 aliphatic carbocycles. The fraction of sp³-hybridized carbons (Fsp3) is 0.455. The molecule has 0 bridgehead atoms. The number of hydrogen-bond acceptors (Lipinski definition) is 5. The van der Waals surface area contributed by atoms with Crippen molar-refractivity contribution in [1.82, 2.24) is 9.97 Å². The van der Waals surface area contributed by atoms with Crippen LogP contribution in [0.1, 0.15) is 12.8 Å². The predicted octanol–water partition coefficient (Wildman–Crippen LogP) is 2.80. The summed E-state index contributed by atoms with van der Waals surface area (Å²) in [6.07, 6.45) is -2.75. The molecule has 0 aliphatic heterocycles. The lowest BCUT2D eigenvalue weighted by Gasteiger charge is -2.25. The summed E-state index contributed by atoms with van der Waals surface area (Å²) in [5.41, 5.74) is 5.58. The predicted molar refractivity (Wildman–Crippen MR) is 68.3 cm³/mol. The summed E-state index contributed by atoms with van der Waals surface area (Å²) < 4.78 is 38.1. The highest BCUT2D eigenvalue weighted by Gasteiger charge is 2.39. The normalized spacial score (nSPS) is 15.9. The Morgan fingerprint density at radius 3 is 2.74 bits per heavy atom. The molecule has 1 fully saturated rings. The van der Waals surface area contributed by atoms with E-state index in [-0.39, 0.29) is 12.0 Å². The van der Waals surface area contributed by atoms with E-state index in [1.165, 1.54) is 16.2 Å². The summed E-state index contributed by atoms with van der Waals surface area (Å²) >= 11 is 1.34. The van der Waals surface area contributed by atoms with Crippen molar-refractivity contribution in [2.24, 2.45) is 0 Å². The summed E-state index contributed by atoms with van der Waals surface area (Å²) in [5, 5.41) is 2.41. The summed E-state index contributed by atoms with van der Waals surface area (Å²) in [6.45, 7) is -1.00. The van der Waals surface area contributed by atoms with Crippen molar-refractivity contribution in [3.8, 4) is 0 Å². The van der Waals surface area contributed by atoms with Crippen LogP contribution in [0.25, 0.3) is 10.2 Å². The van der Waals surface area contributed by atoms with Gasteiger partial charge in [-0.2, -0.15) is 18.2 Å². The van der Waals surface area contributed by atoms with Crippen LogP contribution in [0.5, 0.6) is 0 Å². The molecule has 2 heterocycles. The molecule has 1 saturated carbocycles. The molecule has 2 aromatic heterocycles. The summed E-state index contributed by atoms with van der Waals surface area (Å²) in [5.74, 6) is 0.307. The Kier molecular flexibility index (Phi) is 2.77. The maximum Gasteiger partial charge on any atom is 0.405 e. The molecule has 0 saturated heterocycles. The highest BCUT2D eigenvalue weighted by atomic mass is 32.1. The van der Waals surface area contributed by atoms with Gasteiger partial charge >= 0.3 is 6.18 Å². The average molecular weight is 288 g/mol. The Morgan fingerprint density at radius 2 is 2.11 bits per heavy atom. The number of nitrogen functional groups attached to an aromatic ring is 1. The second-order valence-corrected chi connectivity index (χ2v) is 5.41. The van der Waals surface area contributed by atoms with Crippen molar-refractivity contribution in [2.45, 2.75) is 25.1 Å². The van der Waals surface area contributed by atoms with Gasteiger partial charge in [0.05, 0.1) is 5.39 Å². The number of nitrogens with two attached hydrogens (primary N) is 1. The van der Waals surface area contributed by atoms with Crippen LogP contribution < -0.4 is 10.6 Å². The molecular weight excluding hydrogens is 277 g/mol. The van der Waals surface area contributed by atoms with Crippen molar-refractivity contribution in [3.05, 3.63) is 11.4 Å². The first-order chi connectivity index (χ1) is 8.94. The smallest absolute Gasteiger partial charge is 0.368 e. The van der Waals surface area contributed by atoms with Gasteiger partial charge in [-0.1, -0.05) is 0 Å². The Balaban J connectivity index is 2.06. The van der Waals surface area contributed by atoms with E-state index >= 15 is 0 Å².